The molecule has 2 N–H and O–H groups in total. The van der Waals surface area contributed by atoms with Crippen molar-refractivity contribution in [2.45, 2.75) is 11.4 Å². The normalized spacial score (nSPS) is 10.7. The number of rotatable bonds is 11. The van der Waals surface area contributed by atoms with Gasteiger partial charge in [0.05, 0.1) is 24.9 Å². The van der Waals surface area contributed by atoms with E-state index in [4.69, 9.17) is 9.47 Å². The second-order valence-electron chi connectivity index (χ2n) is 8.17. The van der Waals surface area contributed by atoms with Gasteiger partial charge in [0.2, 0.25) is 5.91 Å². The number of fused-ring (bicyclic) bond motifs is 1. The Balaban J connectivity index is 1.37. The maximum absolute atomic E-state index is 12.7. The van der Waals surface area contributed by atoms with Crippen LogP contribution in [0, 0.1) is 10.1 Å². The van der Waals surface area contributed by atoms with Gasteiger partial charge in [0.1, 0.15) is 0 Å². The summed E-state index contributed by atoms with van der Waals surface area (Å²) in [5.74, 6) is 0.758. The Morgan fingerprint density at radius 3 is 2.45 bits per heavy atom. The van der Waals surface area contributed by atoms with E-state index >= 15 is 0 Å². The molecule has 196 valence electrons. The number of nitro groups is 1. The Bertz CT molecular complexity index is 1470. The maximum Gasteiger partial charge on any atom is 0.269 e. The van der Waals surface area contributed by atoms with Crippen LogP contribution in [-0.4, -0.2) is 47.8 Å². The molecule has 1 heterocycles. The summed E-state index contributed by atoms with van der Waals surface area (Å²) in [6.07, 6.45) is 1.97. The predicted molar refractivity (Wildman–Crippen MR) is 146 cm³/mol. The lowest BCUT2D eigenvalue weighted by molar-refractivity contribution is -0.384. The van der Waals surface area contributed by atoms with Gasteiger partial charge in [-0.15, -0.1) is 11.8 Å². The van der Waals surface area contributed by atoms with Crippen molar-refractivity contribution >= 4 is 45.9 Å². The zero-order valence-electron chi connectivity index (χ0n) is 20.8. The number of anilines is 1. The van der Waals surface area contributed by atoms with Crippen LogP contribution in [-0.2, 0) is 11.3 Å². The number of hydrogen-bond acceptors (Lipinski definition) is 7. The second kappa shape index (κ2) is 12.2. The van der Waals surface area contributed by atoms with Gasteiger partial charge in [-0.2, -0.15) is 0 Å². The summed E-state index contributed by atoms with van der Waals surface area (Å²) < 4.78 is 12.5. The fourth-order valence-electron chi connectivity index (χ4n) is 3.89. The fraction of sp³-hybridized carbons (Fsp3) is 0.185. The molecule has 10 nitrogen and oxygen atoms in total. The molecule has 0 radical (unpaired) electrons. The van der Waals surface area contributed by atoms with Crippen LogP contribution in [0.2, 0.25) is 0 Å². The first-order valence-electron chi connectivity index (χ1n) is 11.6. The van der Waals surface area contributed by atoms with Crippen molar-refractivity contribution in [3.63, 3.8) is 0 Å². The lowest BCUT2D eigenvalue weighted by atomic mass is 10.2. The van der Waals surface area contributed by atoms with Crippen LogP contribution < -0.4 is 20.1 Å². The molecular weight excluding hydrogens is 508 g/mol. The molecule has 0 bridgehead atoms. The Kier molecular flexibility index (Phi) is 8.49. The van der Waals surface area contributed by atoms with Crippen molar-refractivity contribution < 1.29 is 24.0 Å². The molecule has 0 atom stereocenters. The number of para-hydroxylation sites is 1. The van der Waals surface area contributed by atoms with Crippen molar-refractivity contribution in [1.29, 1.82) is 0 Å². The van der Waals surface area contributed by atoms with E-state index in [-0.39, 0.29) is 23.3 Å². The standard InChI is InChI=1S/C27H26N4O6S/c1-36-23-12-7-18(15-24(23)37-2)27(33)28-13-14-30-16-25(21-5-3-4-6-22(21)30)38-17-26(32)29-19-8-10-20(11-9-19)31(34)35/h3-12,15-16H,13-14,17H2,1-2H3,(H,28,33)(H,29,32). The highest BCUT2D eigenvalue weighted by Gasteiger charge is 2.13. The lowest BCUT2D eigenvalue weighted by Gasteiger charge is -2.10. The summed E-state index contributed by atoms with van der Waals surface area (Å²) in [5, 5.41) is 17.5. The van der Waals surface area contributed by atoms with Gasteiger partial charge >= 0.3 is 0 Å². The van der Waals surface area contributed by atoms with Crippen molar-refractivity contribution in [3.05, 3.63) is 88.6 Å². The monoisotopic (exact) mass is 534 g/mol. The van der Waals surface area contributed by atoms with E-state index in [2.05, 4.69) is 10.6 Å². The number of non-ortho nitro benzene ring substituents is 1. The molecule has 4 rings (SSSR count). The molecule has 38 heavy (non-hydrogen) atoms. The molecule has 11 heteroatoms. The third kappa shape index (κ3) is 6.24. The van der Waals surface area contributed by atoms with Gasteiger partial charge < -0.3 is 24.7 Å². The number of carbonyl (C=O) groups is 2. The van der Waals surface area contributed by atoms with Gasteiger partial charge in [-0.1, -0.05) is 18.2 Å². The van der Waals surface area contributed by atoms with E-state index in [9.17, 15) is 19.7 Å². The third-order valence-electron chi connectivity index (χ3n) is 5.76. The van der Waals surface area contributed by atoms with Gasteiger partial charge in [0.25, 0.3) is 11.6 Å². The number of ether oxygens (including phenoxy) is 2. The second-order valence-corrected chi connectivity index (χ2v) is 9.19. The first kappa shape index (κ1) is 26.6. The molecule has 2 amide bonds. The van der Waals surface area contributed by atoms with Gasteiger partial charge in [0, 0.05) is 58.5 Å². The fourth-order valence-corrected chi connectivity index (χ4v) is 4.78. The molecule has 0 aliphatic carbocycles. The number of nitro benzene ring substituents is 1. The van der Waals surface area contributed by atoms with Crippen LogP contribution in [0.3, 0.4) is 0 Å². The summed E-state index contributed by atoms with van der Waals surface area (Å²) in [5.41, 5.74) is 1.92. The summed E-state index contributed by atoms with van der Waals surface area (Å²) in [7, 11) is 3.06. The molecular formula is C27H26N4O6S. The van der Waals surface area contributed by atoms with E-state index in [1.165, 1.54) is 50.2 Å². The van der Waals surface area contributed by atoms with Gasteiger partial charge in [-0.3, -0.25) is 19.7 Å². The number of carbonyl (C=O) groups excluding carboxylic acids is 2. The minimum atomic E-state index is -0.487. The van der Waals surface area contributed by atoms with Crippen molar-refractivity contribution in [2.24, 2.45) is 0 Å². The quantitative estimate of drug-likeness (QED) is 0.162. The van der Waals surface area contributed by atoms with Crippen LogP contribution in [0.1, 0.15) is 10.4 Å². The molecule has 0 unspecified atom stereocenters. The van der Waals surface area contributed by atoms with Gasteiger partial charge in [0.15, 0.2) is 11.5 Å². The highest BCUT2D eigenvalue weighted by Crippen LogP contribution is 2.30. The zero-order valence-corrected chi connectivity index (χ0v) is 21.6. The molecule has 0 saturated carbocycles. The SMILES string of the molecule is COc1ccc(C(=O)NCCn2cc(SCC(=O)Nc3ccc([N+](=O)[O-])cc3)c3ccccc32)cc1OC. The Labute approximate surface area is 223 Å². The van der Waals surface area contributed by atoms with Gasteiger partial charge in [-0.05, 0) is 36.4 Å². The van der Waals surface area contributed by atoms with Crippen LogP contribution in [0.25, 0.3) is 10.9 Å². The largest absolute Gasteiger partial charge is 0.493 e. The molecule has 0 aliphatic rings. The highest BCUT2D eigenvalue weighted by atomic mass is 32.2. The number of amides is 2. The third-order valence-corrected chi connectivity index (χ3v) is 6.80. The molecule has 0 saturated heterocycles. The first-order chi connectivity index (χ1) is 18.4. The summed E-state index contributed by atoms with van der Waals surface area (Å²) in [4.78, 5) is 36.4. The predicted octanol–water partition coefficient (Wildman–Crippen LogP) is 4.73. The van der Waals surface area contributed by atoms with Crippen molar-refractivity contribution in [3.8, 4) is 11.5 Å². The van der Waals surface area contributed by atoms with Gasteiger partial charge in [-0.25, -0.2) is 0 Å². The number of methoxy groups -OCH3 is 2. The van der Waals surface area contributed by atoms with E-state index in [1.54, 1.807) is 18.2 Å². The van der Waals surface area contributed by atoms with Crippen LogP contribution in [0.15, 0.2) is 77.8 Å². The molecule has 1 aromatic heterocycles. The Morgan fingerprint density at radius 1 is 1.00 bits per heavy atom. The number of nitrogens with one attached hydrogen (secondary N) is 2. The molecule has 0 fully saturated rings. The summed E-state index contributed by atoms with van der Waals surface area (Å²) in [6.45, 7) is 0.936. The summed E-state index contributed by atoms with van der Waals surface area (Å²) >= 11 is 1.40. The topological polar surface area (TPSA) is 125 Å². The van der Waals surface area contributed by atoms with E-state index < -0.39 is 4.92 Å². The van der Waals surface area contributed by atoms with E-state index in [0.29, 0.717) is 35.8 Å². The Morgan fingerprint density at radius 2 is 1.74 bits per heavy atom. The van der Waals surface area contributed by atoms with E-state index in [1.807, 2.05) is 35.0 Å². The van der Waals surface area contributed by atoms with Crippen molar-refractivity contribution in [1.82, 2.24) is 9.88 Å². The number of aromatic nitrogens is 1. The average molecular weight is 535 g/mol. The van der Waals surface area contributed by atoms with Crippen LogP contribution in [0.4, 0.5) is 11.4 Å². The highest BCUT2D eigenvalue weighted by molar-refractivity contribution is 8.00. The molecule has 3 aromatic carbocycles. The number of thioether (sulfide) groups is 1. The summed E-state index contributed by atoms with van der Waals surface area (Å²) in [6, 6.07) is 18.6. The van der Waals surface area contributed by atoms with Crippen LogP contribution in [0.5, 0.6) is 11.5 Å². The lowest BCUT2D eigenvalue weighted by Crippen LogP contribution is -2.27. The van der Waals surface area contributed by atoms with E-state index in [0.717, 1.165) is 15.8 Å². The number of hydrogen-bond donors (Lipinski definition) is 2. The van der Waals surface area contributed by atoms with Crippen LogP contribution >= 0.6 is 11.8 Å². The molecule has 0 spiro atoms. The molecule has 4 aromatic rings. The minimum Gasteiger partial charge on any atom is -0.493 e. The zero-order chi connectivity index (χ0) is 27.1. The Hall–Kier alpha value is -4.51. The number of benzene rings is 3. The van der Waals surface area contributed by atoms with Crippen molar-refractivity contribution in [2.75, 3.05) is 31.8 Å². The minimum absolute atomic E-state index is 0.0369. The first-order valence-corrected chi connectivity index (χ1v) is 12.6. The smallest absolute Gasteiger partial charge is 0.269 e. The average Bonchev–Trinajstić information content (AvgIpc) is 3.29. The molecule has 0 aliphatic heterocycles. The number of nitrogens with zero attached hydrogens (tertiary/aromatic N) is 2. The maximum atomic E-state index is 12.7.